The molecule has 5 heteroatoms. The number of ether oxygens (including phenoxy) is 1. The molecule has 5 nitrogen and oxygen atoms in total. The van der Waals surface area contributed by atoms with Crippen LogP contribution in [0, 0.1) is 6.57 Å². The molecule has 0 saturated carbocycles. The first kappa shape index (κ1) is 17.7. The summed E-state index contributed by atoms with van der Waals surface area (Å²) in [6, 6.07) is 17.5. The van der Waals surface area contributed by atoms with Gasteiger partial charge in [-0.25, -0.2) is 4.85 Å². The Bertz CT molecular complexity index is 885. The van der Waals surface area contributed by atoms with Gasteiger partial charge in [0, 0.05) is 11.3 Å². The summed E-state index contributed by atoms with van der Waals surface area (Å²) in [6.45, 7) is 9.41. The van der Waals surface area contributed by atoms with E-state index in [-0.39, 0.29) is 6.15 Å². The molecule has 0 atom stereocenters. The molecule has 124 valence electrons. The minimum Gasteiger partial charge on any atom is -0.457 e. The lowest BCUT2D eigenvalue weighted by Gasteiger charge is -2.06. The molecular weight excluding hydrogens is 316 g/mol. The van der Waals surface area contributed by atoms with Crippen molar-refractivity contribution < 1.29 is 14.3 Å². The fourth-order valence-electron chi connectivity index (χ4n) is 2.40. The van der Waals surface area contributed by atoms with Gasteiger partial charge in [-0.15, -0.1) is 0 Å². The first-order valence-electron chi connectivity index (χ1n) is 7.63. The van der Waals surface area contributed by atoms with Crippen LogP contribution in [0.15, 0.2) is 60.8 Å². The summed E-state index contributed by atoms with van der Waals surface area (Å²) in [6.07, 6.45) is 2.98. The number of aryl methyl sites for hydroxylation is 1. The number of aromatic amines is 1. The molecule has 0 amide bonds. The van der Waals surface area contributed by atoms with Crippen molar-refractivity contribution in [3.05, 3.63) is 77.9 Å². The summed E-state index contributed by atoms with van der Waals surface area (Å²) in [5.74, 6) is 1.59. The maximum Gasteiger partial charge on any atom is 0.373 e. The largest absolute Gasteiger partial charge is 0.457 e. The number of aromatic nitrogens is 1. The summed E-state index contributed by atoms with van der Waals surface area (Å²) >= 11 is 0. The fourth-order valence-corrected chi connectivity index (χ4v) is 2.40. The van der Waals surface area contributed by atoms with Crippen molar-refractivity contribution in [2.24, 2.45) is 0 Å². The molecule has 1 N–H and O–H groups in total. The lowest BCUT2D eigenvalue weighted by atomic mass is 10.1. The van der Waals surface area contributed by atoms with Gasteiger partial charge in [0.1, 0.15) is 11.5 Å². The molecule has 25 heavy (non-hydrogen) atoms. The van der Waals surface area contributed by atoms with Gasteiger partial charge in [-0.3, -0.25) is 0 Å². The van der Waals surface area contributed by atoms with Gasteiger partial charge in [-0.1, -0.05) is 37.3 Å². The number of hydrogen-bond acceptors (Lipinski definition) is 3. The molecule has 1 aromatic heterocycles. The molecule has 0 unspecified atom stereocenters. The van der Waals surface area contributed by atoms with Crippen molar-refractivity contribution >= 4 is 11.8 Å². The second kappa shape index (κ2) is 8.88. The summed E-state index contributed by atoms with van der Waals surface area (Å²) in [4.78, 5) is 23.1. The van der Waals surface area contributed by atoms with Crippen LogP contribution in [0.1, 0.15) is 12.6 Å². The van der Waals surface area contributed by atoms with Crippen LogP contribution in [-0.4, -0.2) is 11.1 Å². The number of para-hydroxylation sites is 1. The Balaban J connectivity index is 0.000000701. The predicted octanol–water partition coefficient (Wildman–Crippen LogP) is 5.00. The van der Waals surface area contributed by atoms with Crippen LogP contribution >= 0.6 is 0 Å². The topological polar surface area (TPSA) is 63.5 Å². The van der Waals surface area contributed by atoms with E-state index in [4.69, 9.17) is 20.9 Å². The lowest BCUT2D eigenvalue weighted by Crippen LogP contribution is -1.83. The molecule has 0 bridgehead atoms. The summed E-state index contributed by atoms with van der Waals surface area (Å²) in [5.41, 5.74) is 3.65. The summed E-state index contributed by atoms with van der Waals surface area (Å²) in [5, 5.41) is 0. The molecule has 1 heterocycles. The van der Waals surface area contributed by atoms with E-state index in [1.165, 1.54) is 0 Å². The number of hydrogen-bond donors (Lipinski definition) is 1. The van der Waals surface area contributed by atoms with Gasteiger partial charge < -0.3 is 9.72 Å². The van der Waals surface area contributed by atoms with Gasteiger partial charge in [-0.05, 0) is 42.4 Å². The second-order valence-corrected chi connectivity index (χ2v) is 5.02. The van der Waals surface area contributed by atoms with E-state index in [1.807, 2.05) is 67.7 Å². The van der Waals surface area contributed by atoms with Crippen LogP contribution < -0.4 is 4.74 Å². The molecule has 0 aliphatic carbocycles. The van der Waals surface area contributed by atoms with Gasteiger partial charge in [0.2, 0.25) is 5.69 Å². The first-order chi connectivity index (χ1) is 12.2. The summed E-state index contributed by atoms with van der Waals surface area (Å²) in [7, 11) is 0. The Morgan fingerprint density at radius 2 is 1.64 bits per heavy atom. The predicted molar refractivity (Wildman–Crippen MR) is 93.4 cm³/mol. The van der Waals surface area contributed by atoms with Gasteiger partial charge in [0.25, 0.3) is 0 Å². The van der Waals surface area contributed by atoms with Crippen molar-refractivity contribution in [1.29, 1.82) is 0 Å². The maximum atomic E-state index is 8.12. The average Bonchev–Trinajstić information content (AvgIpc) is 3.07. The zero-order valence-electron chi connectivity index (χ0n) is 13.7. The number of rotatable bonds is 4. The smallest absolute Gasteiger partial charge is 0.373 e. The average molecular weight is 332 g/mol. The molecule has 0 spiro atoms. The van der Waals surface area contributed by atoms with Gasteiger partial charge in [-0.2, -0.15) is 9.59 Å². The highest BCUT2D eigenvalue weighted by molar-refractivity contribution is 5.80. The van der Waals surface area contributed by atoms with Crippen LogP contribution in [0.2, 0.25) is 0 Å². The Labute approximate surface area is 145 Å². The third-order valence-corrected chi connectivity index (χ3v) is 3.54. The standard InChI is InChI=1S/C19H16N2O.CO2/c1-3-18-19(20-2)17(13-21-18)14-9-11-16(12-10-14)22-15-7-5-4-6-8-15;2-1-3/h4-13,21H,3H2,1H3;. The number of benzene rings is 2. The SMILES string of the molecule is O=C=O.[C-]#[N+]c1c(-c2ccc(Oc3ccccc3)cc2)c[nH]c1CC. The maximum absolute atomic E-state index is 8.12. The highest BCUT2D eigenvalue weighted by Gasteiger charge is 2.11. The minimum atomic E-state index is 0.250. The molecule has 0 aliphatic heterocycles. The Kier molecular flexibility index (Phi) is 6.30. The number of nitrogens with one attached hydrogen (secondary N) is 1. The number of nitrogens with zero attached hydrogens (tertiary/aromatic N) is 1. The fraction of sp³-hybridized carbons (Fsp3) is 0.100. The van der Waals surface area contributed by atoms with Crippen LogP contribution in [0.5, 0.6) is 11.5 Å². The van der Waals surface area contributed by atoms with Crippen LogP contribution in [-0.2, 0) is 16.0 Å². The van der Waals surface area contributed by atoms with Crippen molar-refractivity contribution in [3.63, 3.8) is 0 Å². The number of carbonyl (C=O) groups excluding carboxylic acids is 2. The Morgan fingerprint density at radius 3 is 2.20 bits per heavy atom. The van der Waals surface area contributed by atoms with Crippen molar-refractivity contribution in [2.45, 2.75) is 13.3 Å². The minimum absolute atomic E-state index is 0.250. The van der Waals surface area contributed by atoms with E-state index < -0.39 is 0 Å². The molecule has 3 rings (SSSR count). The molecule has 0 saturated heterocycles. The Morgan fingerprint density at radius 1 is 1.04 bits per heavy atom. The third-order valence-electron chi connectivity index (χ3n) is 3.54. The van der Waals surface area contributed by atoms with E-state index in [0.29, 0.717) is 5.69 Å². The number of H-pyrrole nitrogens is 1. The van der Waals surface area contributed by atoms with Crippen LogP contribution in [0.3, 0.4) is 0 Å². The molecule has 0 aliphatic rings. The third kappa shape index (κ3) is 4.44. The van der Waals surface area contributed by atoms with E-state index in [1.54, 1.807) is 0 Å². The second-order valence-electron chi connectivity index (χ2n) is 5.02. The molecule has 2 aromatic carbocycles. The zero-order valence-corrected chi connectivity index (χ0v) is 13.7. The molecule has 3 aromatic rings. The van der Waals surface area contributed by atoms with Crippen molar-refractivity contribution in [3.8, 4) is 22.6 Å². The summed E-state index contributed by atoms with van der Waals surface area (Å²) < 4.78 is 5.78. The Hall–Kier alpha value is -3.61. The normalized spacial score (nSPS) is 9.28. The van der Waals surface area contributed by atoms with E-state index >= 15 is 0 Å². The quantitative estimate of drug-likeness (QED) is 0.684. The van der Waals surface area contributed by atoms with E-state index in [0.717, 1.165) is 34.7 Å². The monoisotopic (exact) mass is 332 g/mol. The molecule has 0 radical (unpaired) electrons. The van der Waals surface area contributed by atoms with Gasteiger partial charge in [0.15, 0.2) is 0 Å². The van der Waals surface area contributed by atoms with Gasteiger partial charge in [0.05, 0.1) is 6.57 Å². The van der Waals surface area contributed by atoms with Crippen molar-refractivity contribution in [1.82, 2.24) is 4.98 Å². The van der Waals surface area contributed by atoms with Crippen LogP contribution in [0.4, 0.5) is 5.69 Å². The first-order valence-corrected chi connectivity index (χ1v) is 7.63. The van der Waals surface area contributed by atoms with Gasteiger partial charge >= 0.3 is 6.15 Å². The molecule has 0 fully saturated rings. The van der Waals surface area contributed by atoms with Crippen molar-refractivity contribution in [2.75, 3.05) is 0 Å². The highest BCUT2D eigenvalue weighted by Crippen LogP contribution is 2.35. The zero-order chi connectivity index (χ0) is 18.1. The van der Waals surface area contributed by atoms with E-state index in [2.05, 4.69) is 9.83 Å². The van der Waals surface area contributed by atoms with E-state index in [9.17, 15) is 0 Å². The molecular formula is C20H16N2O3. The van der Waals surface area contributed by atoms with Crippen LogP contribution in [0.25, 0.3) is 16.0 Å². The highest BCUT2D eigenvalue weighted by atomic mass is 16.5. The lowest BCUT2D eigenvalue weighted by molar-refractivity contribution is -0.191.